The van der Waals surface area contributed by atoms with Crippen molar-refractivity contribution in [2.24, 2.45) is 0 Å². The lowest BCUT2D eigenvalue weighted by atomic mass is 10.1. The molecule has 2 aromatic rings. The lowest BCUT2D eigenvalue weighted by molar-refractivity contribution is -0.112. The lowest BCUT2D eigenvalue weighted by Crippen LogP contribution is -2.14. The topological polar surface area (TPSA) is 71.3 Å². The van der Waals surface area contributed by atoms with Gasteiger partial charge in [-0.05, 0) is 71.2 Å². The smallest absolute Gasteiger partial charge is 0.266 e. The number of rotatable bonds is 6. The fraction of sp³-hybridized carbons (Fsp3) is 0.200. The van der Waals surface area contributed by atoms with Crippen molar-refractivity contribution in [1.29, 1.82) is 5.26 Å². The maximum atomic E-state index is 12.5. The molecule has 2 rings (SSSR count). The molecule has 0 unspecified atom stereocenters. The number of benzene rings is 2. The van der Waals surface area contributed by atoms with Crippen molar-refractivity contribution in [3.63, 3.8) is 0 Å². The maximum Gasteiger partial charge on any atom is 0.266 e. The van der Waals surface area contributed by atoms with Gasteiger partial charge < -0.3 is 14.8 Å². The number of hydrogen-bond donors (Lipinski definition) is 1. The van der Waals surface area contributed by atoms with Crippen molar-refractivity contribution in [2.75, 3.05) is 19.0 Å². The number of hydrogen-bond acceptors (Lipinski definition) is 4. The van der Waals surface area contributed by atoms with Crippen LogP contribution in [0.15, 0.2) is 40.4 Å². The van der Waals surface area contributed by atoms with Crippen molar-refractivity contribution < 1.29 is 14.3 Å². The van der Waals surface area contributed by atoms with Crippen LogP contribution in [-0.4, -0.2) is 19.6 Å². The van der Waals surface area contributed by atoms with E-state index in [9.17, 15) is 10.1 Å². The second-order valence-electron chi connectivity index (χ2n) is 5.50. The van der Waals surface area contributed by atoms with Crippen molar-refractivity contribution in [3.05, 3.63) is 56.5 Å². The molecule has 0 atom stereocenters. The highest BCUT2D eigenvalue weighted by molar-refractivity contribution is 9.10. The Morgan fingerprint density at radius 3 is 2.78 bits per heavy atom. The van der Waals surface area contributed by atoms with Crippen LogP contribution < -0.4 is 14.8 Å². The number of nitrogens with zero attached hydrogens (tertiary/aromatic N) is 1. The number of carbonyl (C=O) groups is 1. The van der Waals surface area contributed by atoms with Crippen LogP contribution in [-0.2, 0) is 4.79 Å². The number of ether oxygens (including phenoxy) is 2. The molecule has 1 amide bonds. The zero-order valence-corrected chi connectivity index (χ0v) is 17.4. The Morgan fingerprint density at radius 1 is 1.41 bits per heavy atom. The fourth-order valence-corrected chi connectivity index (χ4v) is 3.10. The molecule has 0 aliphatic rings. The fourth-order valence-electron chi connectivity index (χ4n) is 2.36. The molecule has 0 spiro atoms. The molecule has 27 heavy (non-hydrogen) atoms. The molecule has 0 aromatic heterocycles. The quantitative estimate of drug-likeness (QED) is 0.476. The van der Waals surface area contributed by atoms with E-state index < -0.39 is 5.91 Å². The molecule has 5 nitrogen and oxygen atoms in total. The first kappa shape index (κ1) is 20.8. The monoisotopic (exact) mass is 448 g/mol. The van der Waals surface area contributed by atoms with E-state index in [-0.39, 0.29) is 5.57 Å². The minimum atomic E-state index is -0.521. The molecule has 7 heteroatoms. The van der Waals surface area contributed by atoms with Gasteiger partial charge in [0.2, 0.25) is 0 Å². The van der Waals surface area contributed by atoms with Crippen LogP contribution in [0, 0.1) is 18.3 Å². The van der Waals surface area contributed by atoms with Crippen molar-refractivity contribution in [2.45, 2.75) is 13.8 Å². The van der Waals surface area contributed by atoms with Gasteiger partial charge >= 0.3 is 0 Å². The molecule has 0 saturated carbocycles. The molecule has 0 bridgehead atoms. The van der Waals surface area contributed by atoms with Crippen LogP contribution in [0.4, 0.5) is 5.69 Å². The van der Waals surface area contributed by atoms with E-state index in [2.05, 4.69) is 21.2 Å². The summed E-state index contributed by atoms with van der Waals surface area (Å²) >= 11 is 9.50. The third kappa shape index (κ3) is 5.03. The molecule has 0 radical (unpaired) electrons. The number of carbonyl (C=O) groups excluding carboxylic acids is 1. The van der Waals surface area contributed by atoms with E-state index in [4.69, 9.17) is 21.1 Å². The van der Waals surface area contributed by atoms with Crippen LogP contribution in [0.25, 0.3) is 6.08 Å². The number of nitrogens with one attached hydrogen (secondary N) is 1. The molecule has 2 aromatic carbocycles. The van der Waals surface area contributed by atoms with Crippen LogP contribution in [0.1, 0.15) is 18.1 Å². The van der Waals surface area contributed by atoms with Gasteiger partial charge in [-0.3, -0.25) is 4.79 Å². The van der Waals surface area contributed by atoms with Crippen LogP contribution >= 0.6 is 27.5 Å². The first-order chi connectivity index (χ1) is 12.9. The molecule has 1 N–H and O–H groups in total. The summed E-state index contributed by atoms with van der Waals surface area (Å²) in [5.74, 6) is 0.544. The summed E-state index contributed by atoms with van der Waals surface area (Å²) in [6.45, 7) is 4.15. The first-order valence-electron chi connectivity index (χ1n) is 8.09. The molecule has 0 heterocycles. The Labute approximate surface area is 171 Å². The largest absolute Gasteiger partial charge is 0.493 e. The molecular weight excluding hydrogens is 432 g/mol. The normalized spacial score (nSPS) is 10.9. The Balaban J connectivity index is 2.35. The van der Waals surface area contributed by atoms with Gasteiger partial charge in [0, 0.05) is 10.7 Å². The van der Waals surface area contributed by atoms with Crippen molar-refractivity contribution >= 4 is 45.2 Å². The SMILES string of the molecule is CCOc1c(Br)cc(/C=C(/C#N)C(=O)Nc2cccc(Cl)c2C)cc1OC. The molecule has 0 saturated heterocycles. The maximum absolute atomic E-state index is 12.5. The number of halogens is 2. The summed E-state index contributed by atoms with van der Waals surface area (Å²) in [4.78, 5) is 12.5. The Hall–Kier alpha value is -2.49. The Kier molecular flexibility index (Phi) is 7.28. The molecule has 140 valence electrons. The van der Waals surface area contributed by atoms with Crippen LogP contribution in [0.3, 0.4) is 0 Å². The summed E-state index contributed by atoms with van der Waals surface area (Å²) in [6.07, 6.45) is 1.48. The number of nitriles is 1. The van der Waals surface area contributed by atoms with Gasteiger partial charge in [0.25, 0.3) is 5.91 Å². The van der Waals surface area contributed by atoms with Crippen molar-refractivity contribution in [1.82, 2.24) is 0 Å². The van der Waals surface area contributed by atoms with Crippen LogP contribution in [0.2, 0.25) is 5.02 Å². The highest BCUT2D eigenvalue weighted by Crippen LogP contribution is 2.37. The molecular formula is C20H18BrClN2O3. The molecule has 0 aliphatic heterocycles. The second kappa shape index (κ2) is 9.45. The highest BCUT2D eigenvalue weighted by atomic mass is 79.9. The summed E-state index contributed by atoms with van der Waals surface area (Å²) in [5.41, 5.74) is 1.86. The number of amides is 1. The molecule has 0 fully saturated rings. The van der Waals surface area contributed by atoms with E-state index >= 15 is 0 Å². The Morgan fingerprint density at radius 2 is 2.15 bits per heavy atom. The van der Waals surface area contributed by atoms with Crippen LogP contribution in [0.5, 0.6) is 11.5 Å². The van der Waals surface area contributed by atoms with Gasteiger partial charge in [0.05, 0.1) is 18.2 Å². The standard InChI is InChI=1S/C20H18BrClN2O3/c1-4-27-19-15(21)9-13(10-18(19)26-3)8-14(11-23)20(25)24-17-7-5-6-16(22)12(17)2/h5-10H,4H2,1-3H3,(H,24,25)/b14-8-. The third-order valence-corrected chi connectivity index (χ3v) is 4.73. The van der Waals surface area contributed by atoms with Gasteiger partial charge in [-0.25, -0.2) is 0 Å². The zero-order chi connectivity index (χ0) is 20.0. The predicted molar refractivity (Wildman–Crippen MR) is 110 cm³/mol. The summed E-state index contributed by atoms with van der Waals surface area (Å²) in [6, 6.07) is 10.6. The van der Waals surface area contributed by atoms with Gasteiger partial charge in [0.1, 0.15) is 11.6 Å². The van der Waals surface area contributed by atoms with Gasteiger partial charge in [-0.15, -0.1) is 0 Å². The Bertz CT molecular complexity index is 936. The first-order valence-corrected chi connectivity index (χ1v) is 9.27. The predicted octanol–water partition coefficient (Wildman–Crippen LogP) is 5.36. The summed E-state index contributed by atoms with van der Waals surface area (Å²) < 4.78 is 11.5. The average Bonchev–Trinajstić information content (AvgIpc) is 2.65. The summed E-state index contributed by atoms with van der Waals surface area (Å²) in [5, 5.41) is 12.7. The van der Waals surface area contributed by atoms with Gasteiger partial charge in [0.15, 0.2) is 11.5 Å². The van der Waals surface area contributed by atoms with E-state index in [0.29, 0.717) is 38.9 Å². The van der Waals surface area contributed by atoms with Gasteiger partial charge in [-0.1, -0.05) is 17.7 Å². The minimum absolute atomic E-state index is 0.0486. The highest BCUT2D eigenvalue weighted by Gasteiger charge is 2.14. The van der Waals surface area contributed by atoms with Gasteiger partial charge in [-0.2, -0.15) is 5.26 Å². The lowest BCUT2D eigenvalue weighted by Gasteiger charge is -2.12. The van der Waals surface area contributed by atoms with Crippen molar-refractivity contribution in [3.8, 4) is 17.6 Å². The van der Waals surface area contributed by atoms with E-state index in [1.807, 2.05) is 13.0 Å². The zero-order valence-electron chi connectivity index (χ0n) is 15.1. The van der Waals surface area contributed by atoms with E-state index in [1.54, 1.807) is 37.3 Å². The minimum Gasteiger partial charge on any atom is -0.493 e. The summed E-state index contributed by atoms with van der Waals surface area (Å²) in [7, 11) is 1.53. The number of anilines is 1. The second-order valence-corrected chi connectivity index (χ2v) is 6.76. The number of methoxy groups -OCH3 is 1. The average molecular weight is 450 g/mol. The van der Waals surface area contributed by atoms with E-state index in [0.717, 1.165) is 5.56 Å². The third-order valence-electron chi connectivity index (χ3n) is 3.73. The van der Waals surface area contributed by atoms with E-state index in [1.165, 1.54) is 13.2 Å². The molecule has 0 aliphatic carbocycles.